The number of carbonyl (C=O) groups excluding carboxylic acids is 1. The molecule has 1 N–H and O–H groups in total. The van der Waals surface area contributed by atoms with Gasteiger partial charge in [-0.05, 0) is 25.7 Å². The molecule has 0 atom stereocenters. The number of carbonyl (C=O) groups is 1. The molecule has 16 heavy (non-hydrogen) atoms. The topological polar surface area (TPSA) is 41.6 Å². The van der Waals surface area contributed by atoms with E-state index in [0.29, 0.717) is 12.0 Å². The van der Waals surface area contributed by atoms with Gasteiger partial charge in [-0.15, -0.1) is 0 Å². The van der Waals surface area contributed by atoms with Crippen LogP contribution in [-0.4, -0.2) is 50.2 Å². The molecule has 2 fully saturated rings. The summed E-state index contributed by atoms with van der Waals surface area (Å²) in [7, 11) is 1.77. The van der Waals surface area contributed by atoms with Crippen LogP contribution in [0.25, 0.3) is 0 Å². The molecule has 1 heterocycles. The Balaban J connectivity index is 1.81. The summed E-state index contributed by atoms with van der Waals surface area (Å²) in [6, 6.07) is 0. The van der Waals surface area contributed by atoms with Gasteiger partial charge < -0.3 is 15.0 Å². The molecule has 1 aliphatic carbocycles. The molecule has 1 amide bonds. The first-order valence-electron chi connectivity index (χ1n) is 6.33. The van der Waals surface area contributed by atoms with Gasteiger partial charge in [-0.3, -0.25) is 4.79 Å². The second-order valence-corrected chi connectivity index (χ2v) is 4.78. The van der Waals surface area contributed by atoms with E-state index < -0.39 is 0 Å². The first-order valence-corrected chi connectivity index (χ1v) is 6.33. The number of amides is 1. The van der Waals surface area contributed by atoms with E-state index in [2.05, 4.69) is 5.32 Å². The summed E-state index contributed by atoms with van der Waals surface area (Å²) in [6.45, 7) is 3.64. The van der Waals surface area contributed by atoms with Crippen LogP contribution in [0, 0.1) is 5.92 Å². The van der Waals surface area contributed by atoms with Gasteiger partial charge in [0.2, 0.25) is 5.91 Å². The number of ether oxygens (including phenoxy) is 1. The lowest BCUT2D eigenvalue weighted by molar-refractivity contribution is -0.138. The third kappa shape index (κ3) is 2.74. The van der Waals surface area contributed by atoms with Gasteiger partial charge in [0.25, 0.3) is 0 Å². The second kappa shape index (κ2) is 5.64. The first-order chi connectivity index (χ1) is 7.81. The van der Waals surface area contributed by atoms with E-state index in [1.807, 2.05) is 4.90 Å². The quantitative estimate of drug-likeness (QED) is 0.750. The fraction of sp³-hybridized carbons (Fsp3) is 0.917. The fourth-order valence-electron chi connectivity index (χ4n) is 2.69. The molecule has 1 saturated heterocycles. The van der Waals surface area contributed by atoms with Crippen molar-refractivity contribution in [3.05, 3.63) is 0 Å². The third-order valence-corrected chi connectivity index (χ3v) is 3.79. The Morgan fingerprint density at radius 2 is 1.81 bits per heavy atom. The highest BCUT2D eigenvalue weighted by atomic mass is 16.5. The zero-order chi connectivity index (χ0) is 11.4. The molecular formula is C12H22N2O2. The fourth-order valence-corrected chi connectivity index (χ4v) is 2.69. The van der Waals surface area contributed by atoms with Crippen LogP contribution in [0.3, 0.4) is 0 Å². The van der Waals surface area contributed by atoms with Crippen LogP contribution in [0.15, 0.2) is 0 Å². The Hall–Kier alpha value is -0.610. The van der Waals surface area contributed by atoms with Gasteiger partial charge in [0.15, 0.2) is 0 Å². The van der Waals surface area contributed by atoms with Crippen LogP contribution < -0.4 is 5.32 Å². The highest BCUT2D eigenvalue weighted by molar-refractivity contribution is 5.79. The molecule has 0 spiro atoms. The van der Waals surface area contributed by atoms with Crippen molar-refractivity contribution in [2.45, 2.75) is 31.8 Å². The van der Waals surface area contributed by atoms with E-state index in [4.69, 9.17) is 4.74 Å². The number of piperazine rings is 1. The summed E-state index contributed by atoms with van der Waals surface area (Å²) in [5, 5.41) is 3.27. The van der Waals surface area contributed by atoms with Gasteiger partial charge in [-0.2, -0.15) is 0 Å². The van der Waals surface area contributed by atoms with Gasteiger partial charge in [-0.25, -0.2) is 0 Å². The van der Waals surface area contributed by atoms with Crippen molar-refractivity contribution >= 4 is 5.91 Å². The molecule has 1 saturated carbocycles. The van der Waals surface area contributed by atoms with Gasteiger partial charge in [-0.1, -0.05) is 0 Å². The lowest BCUT2D eigenvalue weighted by Gasteiger charge is -2.33. The SMILES string of the molecule is COC1CCC(C(=O)N2CCNCC2)CC1. The summed E-state index contributed by atoms with van der Waals surface area (Å²) in [6.07, 6.45) is 4.47. The van der Waals surface area contributed by atoms with E-state index in [1.54, 1.807) is 7.11 Å². The van der Waals surface area contributed by atoms with E-state index in [-0.39, 0.29) is 5.92 Å². The number of methoxy groups -OCH3 is 1. The smallest absolute Gasteiger partial charge is 0.225 e. The predicted octanol–water partition coefficient (Wildman–Crippen LogP) is 0.623. The lowest BCUT2D eigenvalue weighted by atomic mass is 9.86. The van der Waals surface area contributed by atoms with Crippen molar-refractivity contribution in [1.29, 1.82) is 0 Å². The standard InChI is InChI=1S/C12H22N2O2/c1-16-11-4-2-10(3-5-11)12(15)14-8-6-13-7-9-14/h10-11,13H,2-9H2,1H3. The molecule has 1 aliphatic heterocycles. The van der Waals surface area contributed by atoms with E-state index in [1.165, 1.54) is 0 Å². The Morgan fingerprint density at radius 1 is 1.19 bits per heavy atom. The molecule has 0 aromatic heterocycles. The minimum Gasteiger partial charge on any atom is -0.381 e. The van der Waals surface area contributed by atoms with Crippen molar-refractivity contribution < 1.29 is 9.53 Å². The first kappa shape index (κ1) is 11.9. The molecule has 2 rings (SSSR count). The van der Waals surface area contributed by atoms with Crippen molar-refractivity contribution in [2.75, 3.05) is 33.3 Å². The highest BCUT2D eigenvalue weighted by Gasteiger charge is 2.29. The normalized spacial score (nSPS) is 31.4. The van der Waals surface area contributed by atoms with Crippen molar-refractivity contribution in [1.82, 2.24) is 10.2 Å². The van der Waals surface area contributed by atoms with Gasteiger partial charge >= 0.3 is 0 Å². The molecule has 0 radical (unpaired) electrons. The van der Waals surface area contributed by atoms with Crippen LogP contribution in [0.5, 0.6) is 0 Å². The van der Waals surface area contributed by atoms with E-state index in [0.717, 1.165) is 51.9 Å². The maximum Gasteiger partial charge on any atom is 0.225 e. The molecular weight excluding hydrogens is 204 g/mol. The summed E-state index contributed by atoms with van der Waals surface area (Å²) in [5.74, 6) is 0.626. The number of nitrogens with zero attached hydrogens (tertiary/aromatic N) is 1. The number of nitrogens with one attached hydrogen (secondary N) is 1. The molecule has 0 aromatic rings. The van der Waals surface area contributed by atoms with Crippen LogP contribution in [0.4, 0.5) is 0 Å². The minimum atomic E-state index is 0.254. The number of hydrogen-bond acceptors (Lipinski definition) is 3. The minimum absolute atomic E-state index is 0.254. The monoisotopic (exact) mass is 226 g/mol. The molecule has 0 unspecified atom stereocenters. The largest absolute Gasteiger partial charge is 0.381 e. The second-order valence-electron chi connectivity index (χ2n) is 4.78. The van der Waals surface area contributed by atoms with Gasteiger partial charge in [0, 0.05) is 39.2 Å². The molecule has 0 aromatic carbocycles. The summed E-state index contributed by atoms with van der Waals surface area (Å²) in [5.41, 5.74) is 0. The average Bonchev–Trinajstić information content (AvgIpc) is 2.39. The van der Waals surface area contributed by atoms with Crippen LogP contribution >= 0.6 is 0 Å². The molecule has 2 aliphatic rings. The summed E-state index contributed by atoms with van der Waals surface area (Å²) in [4.78, 5) is 14.2. The van der Waals surface area contributed by atoms with E-state index in [9.17, 15) is 4.79 Å². The Morgan fingerprint density at radius 3 is 2.38 bits per heavy atom. The zero-order valence-electron chi connectivity index (χ0n) is 10.1. The van der Waals surface area contributed by atoms with Crippen LogP contribution in [0.1, 0.15) is 25.7 Å². The van der Waals surface area contributed by atoms with Crippen LogP contribution in [-0.2, 0) is 9.53 Å². The molecule has 4 nitrogen and oxygen atoms in total. The summed E-state index contributed by atoms with van der Waals surface area (Å²) >= 11 is 0. The summed E-state index contributed by atoms with van der Waals surface area (Å²) < 4.78 is 5.33. The molecule has 92 valence electrons. The number of rotatable bonds is 2. The average molecular weight is 226 g/mol. The van der Waals surface area contributed by atoms with Crippen molar-refractivity contribution in [3.8, 4) is 0 Å². The highest BCUT2D eigenvalue weighted by Crippen LogP contribution is 2.27. The zero-order valence-corrected chi connectivity index (χ0v) is 10.1. The van der Waals surface area contributed by atoms with Crippen molar-refractivity contribution in [3.63, 3.8) is 0 Å². The predicted molar refractivity (Wildman–Crippen MR) is 62.2 cm³/mol. The Bertz CT molecular complexity index is 231. The number of hydrogen-bond donors (Lipinski definition) is 1. The molecule has 4 heteroatoms. The van der Waals surface area contributed by atoms with Gasteiger partial charge in [0.05, 0.1) is 6.10 Å². The molecule has 0 bridgehead atoms. The van der Waals surface area contributed by atoms with E-state index >= 15 is 0 Å². The van der Waals surface area contributed by atoms with Crippen LogP contribution in [0.2, 0.25) is 0 Å². The van der Waals surface area contributed by atoms with Gasteiger partial charge in [0.1, 0.15) is 0 Å². The lowest BCUT2D eigenvalue weighted by Crippen LogP contribution is -2.49. The third-order valence-electron chi connectivity index (χ3n) is 3.79. The maximum absolute atomic E-state index is 12.2. The Labute approximate surface area is 97.3 Å². The van der Waals surface area contributed by atoms with Crippen molar-refractivity contribution in [2.24, 2.45) is 5.92 Å². The maximum atomic E-state index is 12.2. The Kier molecular flexibility index (Phi) is 4.18.